The van der Waals surface area contributed by atoms with E-state index in [1.54, 1.807) is 0 Å². The van der Waals surface area contributed by atoms with Crippen LogP contribution in [-0.4, -0.2) is 19.9 Å². The number of aryl methyl sites for hydroxylation is 2. The highest BCUT2D eigenvalue weighted by Gasteiger charge is 2.21. The molecule has 1 aromatic heterocycles. The van der Waals surface area contributed by atoms with Crippen LogP contribution < -0.4 is 0 Å². The zero-order valence-corrected chi connectivity index (χ0v) is 10.2. The van der Waals surface area contributed by atoms with Gasteiger partial charge < -0.3 is 0 Å². The van der Waals surface area contributed by atoms with Gasteiger partial charge >= 0.3 is 0 Å². The van der Waals surface area contributed by atoms with Gasteiger partial charge in [0.1, 0.15) is 5.82 Å². The van der Waals surface area contributed by atoms with Crippen LogP contribution in [0.2, 0.25) is 0 Å². The molecule has 0 aliphatic carbocycles. The Morgan fingerprint density at radius 2 is 2.07 bits per heavy atom. The molecule has 1 unspecified atom stereocenters. The average Bonchev–Trinajstić information content (AvgIpc) is 2.17. The van der Waals surface area contributed by atoms with Gasteiger partial charge in [0.05, 0.1) is 11.4 Å². The zero-order valence-electron chi connectivity index (χ0n) is 9.41. The topological polar surface area (TPSA) is 42.9 Å². The van der Waals surface area contributed by atoms with E-state index in [0.29, 0.717) is 11.7 Å². The SMILES string of the molecule is Cc1nc2c(c(C(C)C)n1)CS(=O)CC2. The molecule has 0 bridgehead atoms. The summed E-state index contributed by atoms with van der Waals surface area (Å²) in [6.07, 6.45) is 0.838. The molecule has 2 rings (SSSR count). The summed E-state index contributed by atoms with van der Waals surface area (Å²) in [6.45, 7) is 6.18. The van der Waals surface area contributed by atoms with Gasteiger partial charge in [-0.1, -0.05) is 13.8 Å². The first-order chi connectivity index (χ1) is 7.08. The second-order valence-electron chi connectivity index (χ2n) is 4.27. The van der Waals surface area contributed by atoms with Gasteiger partial charge in [-0.05, 0) is 12.8 Å². The summed E-state index contributed by atoms with van der Waals surface area (Å²) < 4.78 is 11.5. The second kappa shape index (κ2) is 4.00. The van der Waals surface area contributed by atoms with Crippen LogP contribution in [0.5, 0.6) is 0 Å². The molecule has 0 radical (unpaired) electrons. The molecule has 0 spiro atoms. The van der Waals surface area contributed by atoms with Crippen LogP contribution in [0.3, 0.4) is 0 Å². The predicted molar refractivity (Wildman–Crippen MR) is 61.3 cm³/mol. The van der Waals surface area contributed by atoms with Crippen molar-refractivity contribution in [3.8, 4) is 0 Å². The third kappa shape index (κ3) is 2.09. The van der Waals surface area contributed by atoms with Gasteiger partial charge in [-0.25, -0.2) is 9.97 Å². The van der Waals surface area contributed by atoms with Crippen molar-refractivity contribution in [3.05, 3.63) is 22.8 Å². The number of fused-ring (bicyclic) bond motifs is 1. The summed E-state index contributed by atoms with van der Waals surface area (Å²) in [5.41, 5.74) is 3.34. The van der Waals surface area contributed by atoms with Crippen molar-refractivity contribution in [2.75, 3.05) is 5.75 Å². The van der Waals surface area contributed by atoms with Gasteiger partial charge in [-0.3, -0.25) is 4.21 Å². The summed E-state index contributed by atoms with van der Waals surface area (Å²) in [4.78, 5) is 8.92. The van der Waals surface area contributed by atoms with E-state index in [1.165, 1.54) is 0 Å². The van der Waals surface area contributed by atoms with Gasteiger partial charge in [-0.15, -0.1) is 0 Å². The Morgan fingerprint density at radius 1 is 1.33 bits per heavy atom. The van der Waals surface area contributed by atoms with Crippen LogP contribution in [0, 0.1) is 6.92 Å². The highest BCUT2D eigenvalue weighted by atomic mass is 32.2. The molecule has 1 aliphatic heterocycles. The highest BCUT2D eigenvalue weighted by Crippen LogP contribution is 2.25. The minimum atomic E-state index is -0.715. The standard InChI is InChI=1S/C11H16N2OS/c1-7(2)11-9-6-15(14)5-4-10(9)12-8(3)13-11/h7H,4-6H2,1-3H3. The zero-order chi connectivity index (χ0) is 11.0. The molecular formula is C11H16N2OS. The minimum Gasteiger partial charge on any atom is -0.259 e. The van der Waals surface area contributed by atoms with E-state index < -0.39 is 10.8 Å². The first-order valence-corrected chi connectivity index (χ1v) is 6.78. The Kier molecular flexibility index (Phi) is 2.87. The molecule has 4 heteroatoms. The number of rotatable bonds is 1. The molecule has 15 heavy (non-hydrogen) atoms. The van der Waals surface area contributed by atoms with Crippen LogP contribution in [0.15, 0.2) is 0 Å². The smallest absolute Gasteiger partial charge is 0.125 e. The van der Waals surface area contributed by atoms with Crippen molar-refractivity contribution < 1.29 is 4.21 Å². The first-order valence-electron chi connectivity index (χ1n) is 5.29. The molecule has 0 amide bonds. The number of aromatic nitrogens is 2. The van der Waals surface area contributed by atoms with Gasteiger partial charge in [0.15, 0.2) is 0 Å². The van der Waals surface area contributed by atoms with E-state index in [0.717, 1.165) is 34.9 Å². The van der Waals surface area contributed by atoms with Crippen molar-refractivity contribution in [3.63, 3.8) is 0 Å². The lowest BCUT2D eigenvalue weighted by Crippen LogP contribution is -2.19. The van der Waals surface area contributed by atoms with E-state index in [2.05, 4.69) is 23.8 Å². The Balaban J connectivity index is 2.55. The Labute approximate surface area is 92.8 Å². The quantitative estimate of drug-likeness (QED) is 0.729. The van der Waals surface area contributed by atoms with Crippen LogP contribution in [0.1, 0.15) is 42.5 Å². The summed E-state index contributed by atoms with van der Waals surface area (Å²) in [7, 11) is -0.715. The normalized spacial score (nSPS) is 20.4. The molecule has 0 saturated carbocycles. The van der Waals surface area contributed by atoms with Crippen LogP contribution in [0.25, 0.3) is 0 Å². The molecule has 1 aromatic rings. The molecule has 3 nitrogen and oxygen atoms in total. The lowest BCUT2D eigenvalue weighted by Gasteiger charge is -2.19. The minimum absolute atomic E-state index is 0.385. The second-order valence-corrected chi connectivity index (χ2v) is 5.85. The third-order valence-electron chi connectivity index (χ3n) is 2.66. The Hall–Kier alpha value is -0.770. The number of nitrogens with zero attached hydrogens (tertiary/aromatic N) is 2. The lowest BCUT2D eigenvalue weighted by atomic mass is 10.0. The van der Waals surface area contributed by atoms with E-state index in [4.69, 9.17) is 0 Å². The molecule has 2 heterocycles. The third-order valence-corrected chi connectivity index (χ3v) is 3.93. The van der Waals surface area contributed by atoms with Crippen molar-refractivity contribution in [2.24, 2.45) is 0 Å². The summed E-state index contributed by atoms with van der Waals surface area (Å²) in [5, 5.41) is 0. The highest BCUT2D eigenvalue weighted by molar-refractivity contribution is 7.84. The fourth-order valence-electron chi connectivity index (χ4n) is 1.96. The van der Waals surface area contributed by atoms with Crippen LogP contribution in [-0.2, 0) is 23.0 Å². The maximum absolute atomic E-state index is 11.5. The van der Waals surface area contributed by atoms with Gasteiger partial charge in [-0.2, -0.15) is 0 Å². The Bertz CT molecular complexity index is 415. The van der Waals surface area contributed by atoms with Crippen LogP contribution in [0.4, 0.5) is 0 Å². The van der Waals surface area contributed by atoms with Gasteiger partial charge in [0.25, 0.3) is 0 Å². The van der Waals surface area contributed by atoms with Crippen molar-refractivity contribution in [2.45, 2.75) is 38.9 Å². The van der Waals surface area contributed by atoms with E-state index in [-0.39, 0.29) is 0 Å². The van der Waals surface area contributed by atoms with Gasteiger partial charge in [0.2, 0.25) is 0 Å². The summed E-state index contributed by atoms with van der Waals surface area (Å²) >= 11 is 0. The number of hydrogen-bond donors (Lipinski definition) is 0. The largest absolute Gasteiger partial charge is 0.259 e. The maximum atomic E-state index is 11.5. The molecule has 1 aliphatic rings. The molecule has 0 N–H and O–H groups in total. The predicted octanol–water partition coefficient (Wildman–Crippen LogP) is 1.71. The van der Waals surface area contributed by atoms with E-state index in [9.17, 15) is 4.21 Å². The van der Waals surface area contributed by atoms with E-state index in [1.807, 2.05) is 6.92 Å². The maximum Gasteiger partial charge on any atom is 0.125 e. The summed E-state index contributed by atoms with van der Waals surface area (Å²) in [6, 6.07) is 0. The molecule has 0 fully saturated rings. The monoisotopic (exact) mass is 224 g/mol. The van der Waals surface area contributed by atoms with E-state index >= 15 is 0 Å². The van der Waals surface area contributed by atoms with Crippen molar-refractivity contribution in [1.29, 1.82) is 0 Å². The molecule has 1 atom stereocenters. The summed E-state index contributed by atoms with van der Waals surface area (Å²) in [5.74, 6) is 2.62. The number of hydrogen-bond acceptors (Lipinski definition) is 3. The molecule has 82 valence electrons. The molecule has 0 aromatic carbocycles. The first kappa shape index (κ1) is 10.7. The Morgan fingerprint density at radius 3 is 2.73 bits per heavy atom. The van der Waals surface area contributed by atoms with Crippen molar-refractivity contribution >= 4 is 10.8 Å². The lowest BCUT2D eigenvalue weighted by molar-refractivity contribution is 0.674. The fraction of sp³-hybridized carbons (Fsp3) is 0.636. The fourth-order valence-corrected chi connectivity index (χ4v) is 3.16. The molecular weight excluding hydrogens is 208 g/mol. The van der Waals surface area contributed by atoms with Gasteiger partial charge in [0, 0.05) is 34.2 Å². The van der Waals surface area contributed by atoms with Crippen molar-refractivity contribution in [1.82, 2.24) is 9.97 Å². The average molecular weight is 224 g/mol. The molecule has 0 saturated heterocycles. The van der Waals surface area contributed by atoms with Crippen LogP contribution >= 0.6 is 0 Å².